The second-order valence-electron chi connectivity index (χ2n) is 4.68. The molecule has 1 unspecified atom stereocenters. The lowest BCUT2D eigenvalue weighted by Gasteiger charge is -2.24. The van der Waals surface area contributed by atoms with Crippen LogP contribution in [0, 0.1) is 5.82 Å². The summed E-state index contributed by atoms with van der Waals surface area (Å²) in [5, 5.41) is 12.9. The van der Waals surface area contributed by atoms with Crippen molar-refractivity contribution in [2.45, 2.75) is 12.5 Å². The molecule has 0 aliphatic heterocycles. The van der Waals surface area contributed by atoms with E-state index in [-0.39, 0.29) is 12.1 Å². The number of amides is 1. The molecule has 5 heteroatoms. The average Bonchev–Trinajstić information content (AvgIpc) is 2.46. The van der Waals surface area contributed by atoms with Crippen LogP contribution in [0.1, 0.15) is 22.8 Å². The van der Waals surface area contributed by atoms with Crippen LogP contribution in [0.25, 0.3) is 0 Å². The van der Waals surface area contributed by atoms with Crippen LogP contribution in [0.5, 0.6) is 0 Å². The van der Waals surface area contributed by atoms with E-state index in [0.717, 1.165) is 6.20 Å². The molecule has 0 saturated carbocycles. The van der Waals surface area contributed by atoms with Crippen molar-refractivity contribution in [3.8, 4) is 0 Å². The summed E-state index contributed by atoms with van der Waals surface area (Å²) >= 11 is 0. The summed E-state index contributed by atoms with van der Waals surface area (Å²) < 4.78 is 13.4. The van der Waals surface area contributed by atoms with Crippen LogP contribution < -0.4 is 5.32 Å². The van der Waals surface area contributed by atoms with Gasteiger partial charge in [0.25, 0.3) is 5.91 Å². The van der Waals surface area contributed by atoms with Crippen molar-refractivity contribution < 1.29 is 14.3 Å². The van der Waals surface area contributed by atoms with Gasteiger partial charge in [-0.2, -0.15) is 0 Å². The van der Waals surface area contributed by atoms with E-state index in [0.29, 0.717) is 5.56 Å². The highest BCUT2D eigenvalue weighted by Crippen LogP contribution is 2.19. The molecule has 0 aliphatic rings. The number of hydrogen-bond acceptors (Lipinski definition) is 3. The molecule has 1 aromatic heterocycles. The first-order valence-corrected chi connectivity index (χ1v) is 6.16. The van der Waals surface area contributed by atoms with Gasteiger partial charge in [0, 0.05) is 6.20 Å². The van der Waals surface area contributed by atoms with Gasteiger partial charge in [-0.15, -0.1) is 0 Å². The number of benzene rings is 1. The lowest BCUT2D eigenvalue weighted by molar-refractivity contribution is 0.0525. The number of aliphatic hydroxyl groups is 1. The molecule has 0 fully saturated rings. The van der Waals surface area contributed by atoms with Gasteiger partial charge in [-0.1, -0.05) is 30.3 Å². The Kier molecular flexibility index (Phi) is 4.10. The van der Waals surface area contributed by atoms with E-state index in [2.05, 4.69) is 10.3 Å². The third-order valence-electron chi connectivity index (χ3n) is 3.01. The number of carbonyl (C=O) groups excluding carboxylic acids is 1. The highest BCUT2D eigenvalue weighted by molar-refractivity contribution is 5.94. The summed E-state index contributed by atoms with van der Waals surface area (Å²) in [7, 11) is 0. The minimum absolute atomic E-state index is 0.0163. The standard InChI is InChI=1S/C15H15FN2O2/c1-15(20,11-5-3-2-4-6-11)10-18-14(19)12-7-8-17-9-13(12)16/h2-9,20H,10H2,1H3,(H,18,19). The minimum atomic E-state index is -1.22. The molecule has 2 N–H and O–H groups in total. The largest absolute Gasteiger partial charge is 0.384 e. The highest BCUT2D eigenvalue weighted by atomic mass is 19.1. The van der Waals surface area contributed by atoms with Crippen molar-refractivity contribution in [2.24, 2.45) is 0 Å². The number of aromatic nitrogens is 1. The molecule has 0 spiro atoms. The average molecular weight is 274 g/mol. The Morgan fingerprint density at radius 3 is 2.70 bits per heavy atom. The van der Waals surface area contributed by atoms with Gasteiger partial charge in [0.15, 0.2) is 5.82 Å². The number of pyridine rings is 1. The molecule has 1 aromatic carbocycles. The minimum Gasteiger partial charge on any atom is -0.384 e. The lowest BCUT2D eigenvalue weighted by Crippen LogP contribution is -2.38. The quantitative estimate of drug-likeness (QED) is 0.894. The number of nitrogens with zero attached hydrogens (tertiary/aromatic N) is 1. The molecule has 2 aromatic rings. The van der Waals surface area contributed by atoms with Crippen LogP contribution in [0.15, 0.2) is 48.8 Å². The summed E-state index contributed by atoms with van der Waals surface area (Å²) in [5.41, 5.74) is -0.639. The summed E-state index contributed by atoms with van der Waals surface area (Å²) in [6.45, 7) is 1.57. The van der Waals surface area contributed by atoms with Crippen molar-refractivity contribution in [3.63, 3.8) is 0 Å². The molecular formula is C15H15FN2O2. The molecule has 1 atom stereocenters. The fraction of sp³-hybridized carbons (Fsp3) is 0.200. The van der Waals surface area contributed by atoms with Gasteiger partial charge in [0.2, 0.25) is 0 Å². The van der Waals surface area contributed by atoms with E-state index >= 15 is 0 Å². The van der Waals surface area contributed by atoms with Gasteiger partial charge in [-0.3, -0.25) is 9.78 Å². The van der Waals surface area contributed by atoms with E-state index in [4.69, 9.17) is 0 Å². The fourth-order valence-corrected chi connectivity index (χ4v) is 1.81. The van der Waals surface area contributed by atoms with Gasteiger partial charge in [0.1, 0.15) is 5.60 Å². The SMILES string of the molecule is CC(O)(CNC(=O)c1ccncc1F)c1ccccc1. The van der Waals surface area contributed by atoms with Crippen molar-refractivity contribution in [3.05, 3.63) is 65.7 Å². The van der Waals surface area contributed by atoms with Crippen LogP contribution in [0.2, 0.25) is 0 Å². The highest BCUT2D eigenvalue weighted by Gasteiger charge is 2.24. The fourth-order valence-electron chi connectivity index (χ4n) is 1.81. The predicted octanol–water partition coefficient (Wildman–Crippen LogP) is 1.86. The van der Waals surface area contributed by atoms with Gasteiger partial charge in [-0.25, -0.2) is 4.39 Å². The maximum absolute atomic E-state index is 13.4. The number of hydrogen-bond donors (Lipinski definition) is 2. The molecule has 0 aliphatic carbocycles. The molecule has 20 heavy (non-hydrogen) atoms. The van der Waals surface area contributed by atoms with Crippen LogP contribution in [-0.2, 0) is 5.60 Å². The Morgan fingerprint density at radius 1 is 1.35 bits per heavy atom. The Hall–Kier alpha value is -2.27. The van der Waals surface area contributed by atoms with E-state index in [1.807, 2.05) is 6.07 Å². The molecule has 0 bridgehead atoms. The maximum Gasteiger partial charge on any atom is 0.254 e. The number of nitrogens with one attached hydrogen (secondary N) is 1. The maximum atomic E-state index is 13.4. The van der Waals surface area contributed by atoms with Crippen LogP contribution in [0.3, 0.4) is 0 Å². The third kappa shape index (κ3) is 3.19. The molecule has 104 valence electrons. The second-order valence-corrected chi connectivity index (χ2v) is 4.68. The van der Waals surface area contributed by atoms with Gasteiger partial charge >= 0.3 is 0 Å². The monoisotopic (exact) mass is 274 g/mol. The summed E-state index contributed by atoms with van der Waals surface area (Å²) in [4.78, 5) is 15.4. The predicted molar refractivity (Wildman–Crippen MR) is 72.5 cm³/mol. The van der Waals surface area contributed by atoms with Crippen LogP contribution in [-0.4, -0.2) is 22.5 Å². The Bertz CT molecular complexity index is 600. The zero-order valence-electron chi connectivity index (χ0n) is 11.0. The Labute approximate surface area is 116 Å². The van der Waals surface area contributed by atoms with E-state index < -0.39 is 17.3 Å². The summed E-state index contributed by atoms with van der Waals surface area (Å²) in [6.07, 6.45) is 2.32. The smallest absolute Gasteiger partial charge is 0.254 e. The van der Waals surface area contributed by atoms with Crippen molar-refractivity contribution >= 4 is 5.91 Å². The molecule has 0 saturated heterocycles. The first kappa shape index (κ1) is 14.1. The van der Waals surface area contributed by atoms with E-state index in [9.17, 15) is 14.3 Å². The normalized spacial score (nSPS) is 13.6. The second kappa shape index (κ2) is 5.79. The zero-order chi connectivity index (χ0) is 14.6. The number of rotatable bonds is 4. The number of carbonyl (C=O) groups is 1. The first-order valence-electron chi connectivity index (χ1n) is 6.16. The van der Waals surface area contributed by atoms with Gasteiger partial charge < -0.3 is 10.4 Å². The molecule has 1 amide bonds. The zero-order valence-corrected chi connectivity index (χ0v) is 11.0. The van der Waals surface area contributed by atoms with E-state index in [1.165, 1.54) is 12.3 Å². The first-order chi connectivity index (χ1) is 9.50. The molecular weight excluding hydrogens is 259 g/mol. The molecule has 4 nitrogen and oxygen atoms in total. The van der Waals surface area contributed by atoms with Crippen molar-refractivity contribution in [1.29, 1.82) is 0 Å². The van der Waals surface area contributed by atoms with Crippen LogP contribution in [0.4, 0.5) is 4.39 Å². The third-order valence-corrected chi connectivity index (χ3v) is 3.01. The number of halogens is 1. The lowest BCUT2D eigenvalue weighted by atomic mass is 9.96. The Morgan fingerprint density at radius 2 is 2.05 bits per heavy atom. The molecule has 1 heterocycles. The summed E-state index contributed by atoms with van der Waals surface area (Å²) in [5.74, 6) is -1.27. The molecule has 0 radical (unpaired) electrons. The van der Waals surface area contributed by atoms with Gasteiger partial charge in [-0.05, 0) is 18.6 Å². The van der Waals surface area contributed by atoms with Gasteiger partial charge in [0.05, 0.1) is 18.3 Å². The van der Waals surface area contributed by atoms with Crippen molar-refractivity contribution in [2.75, 3.05) is 6.54 Å². The summed E-state index contributed by atoms with van der Waals surface area (Å²) in [6, 6.07) is 10.3. The molecule has 2 rings (SSSR count). The van der Waals surface area contributed by atoms with Crippen molar-refractivity contribution in [1.82, 2.24) is 10.3 Å². The Balaban J connectivity index is 2.05. The van der Waals surface area contributed by atoms with E-state index in [1.54, 1.807) is 31.2 Å². The topological polar surface area (TPSA) is 62.2 Å². The van der Waals surface area contributed by atoms with Crippen LogP contribution >= 0.6 is 0 Å².